The maximum Gasteiger partial charge on any atom is 0.279 e. The minimum Gasteiger partial charge on any atom is -0.364 e. The topological polar surface area (TPSA) is 76.7 Å². The molecule has 0 radical (unpaired) electrons. The van der Waals surface area contributed by atoms with Crippen molar-refractivity contribution < 1.29 is 4.52 Å². The monoisotopic (exact) mass is 377 g/mol. The number of rotatable bonds is 5. The molecule has 0 aliphatic heterocycles. The van der Waals surface area contributed by atoms with Crippen LogP contribution in [0.5, 0.6) is 0 Å². The molecular weight excluding hydrogens is 362 g/mol. The van der Waals surface area contributed by atoms with Crippen molar-refractivity contribution >= 4 is 28.2 Å². The molecule has 134 valence electrons. The third kappa shape index (κ3) is 3.13. The summed E-state index contributed by atoms with van der Waals surface area (Å²) in [5, 5.41) is 18.7. The van der Waals surface area contributed by atoms with E-state index < -0.39 is 0 Å². The number of hydrogen-bond donors (Lipinski definition) is 1. The lowest BCUT2D eigenvalue weighted by molar-refractivity contribution is 0.421. The van der Waals surface area contributed by atoms with Crippen LogP contribution >= 0.6 is 11.6 Å². The van der Waals surface area contributed by atoms with E-state index in [1.807, 2.05) is 48.5 Å². The lowest BCUT2D eigenvalue weighted by atomic mass is 10.1. The molecule has 2 aromatic heterocycles. The minimum absolute atomic E-state index is 0.415. The molecule has 1 saturated carbocycles. The third-order valence-electron chi connectivity index (χ3n) is 4.68. The van der Waals surface area contributed by atoms with Crippen LogP contribution < -0.4 is 5.32 Å². The summed E-state index contributed by atoms with van der Waals surface area (Å²) >= 11 is 6.24. The lowest BCUT2D eigenvalue weighted by Gasteiger charge is -2.10. The first-order valence-electron chi connectivity index (χ1n) is 8.86. The van der Waals surface area contributed by atoms with E-state index in [0.29, 0.717) is 29.9 Å². The zero-order valence-corrected chi connectivity index (χ0v) is 15.1. The van der Waals surface area contributed by atoms with Gasteiger partial charge in [-0.25, -0.2) is 0 Å². The van der Waals surface area contributed by atoms with Crippen LogP contribution in [0.25, 0.3) is 22.4 Å². The molecule has 1 fully saturated rings. The molecule has 0 unspecified atom stereocenters. The zero-order valence-electron chi connectivity index (χ0n) is 14.4. The predicted octanol–water partition coefficient (Wildman–Crippen LogP) is 4.82. The Hall–Kier alpha value is -2.99. The van der Waals surface area contributed by atoms with Crippen LogP contribution in [0.1, 0.15) is 30.1 Å². The number of nitrogens with one attached hydrogen (secondary N) is 1. The molecule has 27 heavy (non-hydrogen) atoms. The molecule has 1 aliphatic carbocycles. The summed E-state index contributed by atoms with van der Waals surface area (Å²) in [6, 6.07) is 15.7. The fraction of sp³-hybridized carbons (Fsp3) is 0.200. The Morgan fingerprint density at radius 1 is 1.00 bits per heavy atom. The molecule has 1 aliphatic rings. The smallest absolute Gasteiger partial charge is 0.279 e. The first-order valence-corrected chi connectivity index (χ1v) is 9.24. The van der Waals surface area contributed by atoms with Gasteiger partial charge in [0.2, 0.25) is 0 Å². The Kier molecular flexibility index (Phi) is 3.98. The number of benzene rings is 2. The van der Waals surface area contributed by atoms with Crippen molar-refractivity contribution in [3.8, 4) is 11.6 Å². The zero-order chi connectivity index (χ0) is 18.2. The molecule has 5 rings (SSSR count). The van der Waals surface area contributed by atoms with Crippen LogP contribution in [-0.4, -0.2) is 20.3 Å². The van der Waals surface area contributed by atoms with Crippen LogP contribution in [-0.2, 0) is 6.54 Å². The number of halogens is 1. The van der Waals surface area contributed by atoms with Crippen LogP contribution in [0.2, 0.25) is 5.02 Å². The van der Waals surface area contributed by atoms with Gasteiger partial charge in [0, 0.05) is 28.3 Å². The highest BCUT2D eigenvalue weighted by atomic mass is 35.5. The van der Waals surface area contributed by atoms with Crippen molar-refractivity contribution in [2.24, 2.45) is 0 Å². The number of anilines is 1. The average molecular weight is 378 g/mol. The fourth-order valence-electron chi connectivity index (χ4n) is 3.05. The second kappa shape index (κ2) is 6.63. The Morgan fingerprint density at radius 3 is 2.59 bits per heavy atom. The van der Waals surface area contributed by atoms with Gasteiger partial charge in [-0.05, 0) is 24.5 Å². The Balaban J connectivity index is 1.50. The molecule has 7 heteroatoms. The minimum atomic E-state index is 0.415. The molecular formula is C20H16ClN5O. The molecule has 2 aromatic carbocycles. The predicted molar refractivity (Wildman–Crippen MR) is 104 cm³/mol. The maximum absolute atomic E-state index is 6.24. The summed E-state index contributed by atoms with van der Waals surface area (Å²) in [6.45, 7) is 0.560. The number of nitrogens with zero attached hydrogens (tertiary/aromatic N) is 4. The van der Waals surface area contributed by atoms with Gasteiger partial charge in [0.15, 0.2) is 17.3 Å². The first kappa shape index (κ1) is 16.2. The standard InChI is InChI=1S/C20H16ClN5O/c21-16-8-4-1-5-13(16)11-22-19-15-7-3-2-6-14(15)17(24-25-19)20-23-18(26-27-20)12-9-10-12/h1-8,12H,9-11H2,(H,22,25). The van der Waals surface area contributed by atoms with E-state index in [1.165, 1.54) is 0 Å². The van der Waals surface area contributed by atoms with E-state index in [0.717, 1.165) is 40.0 Å². The van der Waals surface area contributed by atoms with E-state index in [4.69, 9.17) is 16.1 Å². The molecule has 0 atom stereocenters. The maximum atomic E-state index is 6.24. The van der Waals surface area contributed by atoms with Crippen molar-refractivity contribution in [2.45, 2.75) is 25.3 Å². The van der Waals surface area contributed by atoms with Gasteiger partial charge in [-0.3, -0.25) is 0 Å². The van der Waals surface area contributed by atoms with Crippen molar-refractivity contribution in [3.05, 3.63) is 64.9 Å². The second-order valence-electron chi connectivity index (χ2n) is 6.62. The average Bonchev–Trinajstić information content (AvgIpc) is 3.44. The number of aromatic nitrogens is 4. The van der Waals surface area contributed by atoms with Gasteiger partial charge < -0.3 is 9.84 Å². The van der Waals surface area contributed by atoms with Crippen LogP contribution in [0.4, 0.5) is 5.82 Å². The first-order chi connectivity index (χ1) is 13.3. The lowest BCUT2D eigenvalue weighted by Crippen LogP contribution is -2.04. The fourth-order valence-corrected chi connectivity index (χ4v) is 3.25. The third-order valence-corrected chi connectivity index (χ3v) is 5.05. The summed E-state index contributed by atoms with van der Waals surface area (Å²) in [6.07, 6.45) is 2.24. The van der Waals surface area contributed by atoms with E-state index in [9.17, 15) is 0 Å². The largest absolute Gasteiger partial charge is 0.364 e. The molecule has 0 saturated heterocycles. The van der Waals surface area contributed by atoms with Gasteiger partial charge in [0.05, 0.1) is 0 Å². The van der Waals surface area contributed by atoms with Crippen molar-refractivity contribution in [1.82, 2.24) is 20.3 Å². The number of fused-ring (bicyclic) bond motifs is 1. The van der Waals surface area contributed by atoms with Gasteiger partial charge in [-0.15, -0.1) is 10.2 Å². The molecule has 0 bridgehead atoms. The SMILES string of the molecule is Clc1ccccc1CNc1nnc(-c2nc(C3CC3)no2)c2ccccc12. The Bertz CT molecular complexity index is 1120. The summed E-state index contributed by atoms with van der Waals surface area (Å²) in [7, 11) is 0. The van der Waals surface area contributed by atoms with Crippen LogP contribution in [0.15, 0.2) is 53.1 Å². The van der Waals surface area contributed by atoms with Gasteiger partial charge >= 0.3 is 0 Å². The summed E-state index contributed by atoms with van der Waals surface area (Å²) in [4.78, 5) is 4.51. The Labute approximate surface area is 160 Å². The van der Waals surface area contributed by atoms with Crippen LogP contribution in [0.3, 0.4) is 0 Å². The van der Waals surface area contributed by atoms with Crippen molar-refractivity contribution in [1.29, 1.82) is 0 Å². The van der Waals surface area contributed by atoms with E-state index >= 15 is 0 Å². The molecule has 4 aromatic rings. The quantitative estimate of drug-likeness (QED) is 0.537. The van der Waals surface area contributed by atoms with E-state index in [1.54, 1.807) is 0 Å². The van der Waals surface area contributed by atoms with E-state index in [-0.39, 0.29) is 0 Å². The van der Waals surface area contributed by atoms with Gasteiger partial charge in [0.25, 0.3) is 5.89 Å². The molecule has 0 amide bonds. The molecule has 1 N–H and O–H groups in total. The van der Waals surface area contributed by atoms with Gasteiger partial charge in [0.1, 0.15) is 0 Å². The molecule has 6 nitrogen and oxygen atoms in total. The second-order valence-corrected chi connectivity index (χ2v) is 7.03. The molecule has 2 heterocycles. The van der Waals surface area contributed by atoms with E-state index in [2.05, 4.69) is 25.7 Å². The van der Waals surface area contributed by atoms with Crippen molar-refractivity contribution in [2.75, 3.05) is 5.32 Å². The highest BCUT2D eigenvalue weighted by Crippen LogP contribution is 2.39. The Morgan fingerprint density at radius 2 is 1.78 bits per heavy atom. The summed E-state index contributed by atoms with van der Waals surface area (Å²) in [5.74, 6) is 2.30. The summed E-state index contributed by atoms with van der Waals surface area (Å²) in [5.41, 5.74) is 1.60. The highest BCUT2D eigenvalue weighted by molar-refractivity contribution is 6.31. The van der Waals surface area contributed by atoms with Crippen molar-refractivity contribution in [3.63, 3.8) is 0 Å². The summed E-state index contributed by atoms with van der Waals surface area (Å²) < 4.78 is 5.44. The molecule has 0 spiro atoms. The van der Waals surface area contributed by atoms with Gasteiger partial charge in [-0.2, -0.15) is 4.98 Å². The van der Waals surface area contributed by atoms with Crippen LogP contribution in [0, 0.1) is 0 Å². The highest BCUT2D eigenvalue weighted by Gasteiger charge is 2.29. The number of hydrogen-bond acceptors (Lipinski definition) is 6. The normalized spacial score (nSPS) is 13.8. The van der Waals surface area contributed by atoms with Gasteiger partial charge in [-0.1, -0.05) is 59.2 Å².